The average molecular weight is 515 g/mol. The van der Waals surface area contributed by atoms with Crippen LogP contribution in [0.3, 0.4) is 0 Å². The third-order valence-corrected chi connectivity index (χ3v) is 6.00. The molecular formula is C25H21F4N5O3. The summed E-state index contributed by atoms with van der Waals surface area (Å²) in [6, 6.07) is 9.18. The average Bonchev–Trinajstić information content (AvgIpc) is 3.22. The molecule has 4 aromatic rings. The van der Waals surface area contributed by atoms with Crippen LogP contribution in [0.4, 0.5) is 23.4 Å². The normalized spacial score (nSPS) is 13.6. The summed E-state index contributed by atoms with van der Waals surface area (Å²) in [4.78, 5) is 18.3. The van der Waals surface area contributed by atoms with Gasteiger partial charge >= 0.3 is 5.69 Å². The van der Waals surface area contributed by atoms with Crippen LogP contribution in [0.25, 0.3) is 5.69 Å². The molecule has 0 N–H and O–H groups in total. The molecule has 0 radical (unpaired) electrons. The Balaban J connectivity index is 1.33. The Kier molecular flexibility index (Phi) is 6.66. The second-order valence-electron chi connectivity index (χ2n) is 8.55. The van der Waals surface area contributed by atoms with E-state index in [-0.39, 0.29) is 29.6 Å². The van der Waals surface area contributed by atoms with Crippen molar-refractivity contribution in [2.24, 2.45) is 5.92 Å². The topological polar surface area (TPSA) is 74.4 Å². The molecule has 3 heterocycles. The van der Waals surface area contributed by atoms with Gasteiger partial charge in [0.05, 0.1) is 25.0 Å². The Bertz CT molecular complexity index is 1460. The summed E-state index contributed by atoms with van der Waals surface area (Å²) in [5.74, 6) is -3.69. The standard InChI is InChI=1S/C25H21F4N5O3/c1-36-13-15-10-32(11-15)24-22(29)23(21(28)9-30-24)37-17-7-5-16(6-8-17)34-25(35)33(14-31-34)12-18-19(26)3-2-4-20(18)27/h2-9,14-15H,10-13H2,1H3. The van der Waals surface area contributed by atoms with Crippen LogP contribution in [0.2, 0.25) is 0 Å². The lowest BCUT2D eigenvalue weighted by molar-refractivity contribution is 0.136. The number of ether oxygens (including phenoxy) is 2. The van der Waals surface area contributed by atoms with E-state index in [4.69, 9.17) is 9.47 Å². The van der Waals surface area contributed by atoms with Crippen LogP contribution in [-0.2, 0) is 11.3 Å². The summed E-state index contributed by atoms with van der Waals surface area (Å²) in [6.07, 6.45) is 2.06. The van der Waals surface area contributed by atoms with Gasteiger partial charge in [-0.1, -0.05) is 6.07 Å². The lowest BCUT2D eigenvalue weighted by atomic mass is 10.0. The predicted molar refractivity (Wildman–Crippen MR) is 125 cm³/mol. The number of benzene rings is 2. The van der Waals surface area contributed by atoms with Crippen molar-refractivity contribution in [2.45, 2.75) is 6.54 Å². The summed E-state index contributed by atoms with van der Waals surface area (Å²) < 4.78 is 69.9. The van der Waals surface area contributed by atoms with Gasteiger partial charge in [0, 0.05) is 31.7 Å². The number of rotatable bonds is 8. The molecule has 0 unspecified atom stereocenters. The third kappa shape index (κ3) is 4.79. The van der Waals surface area contributed by atoms with E-state index in [9.17, 15) is 18.0 Å². The maximum absolute atomic E-state index is 15.0. The van der Waals surface area contributed by atoms with Crippen LogP contribution < -0.4 is 15.3 Å². The molecule has 192 valence electrons. The first kappa shape index (κ1) is 24.5. The highest BCUT2D eigenvalue weighted by molar-refractivity contribution is 5.50. The monoisotopic (exact) mass is 515 g/mol. The molecule has 2 aromatic carbocycles. The second-order valence-corrected chi connectivity index (χ2v) is 8.55. The van der Waals surface area contributed by atoms with E-state index < -0.39 is 34.7 Å². The first-order chi connectivity index (χ1) is 17.9. The van der Waals surface area contributed by atoms with Crippen LogP contribution in [0, 0.1) is 29.2 Å². The van der Waals surface area contributed by atoms with Crippen molar-refractivity contribution in [2.75, 3.05) is 31.7 Å². The minimum atomic E-state index is -0.963. The fraction of sp³-hybridized carbons (Fsp3) is 0.240. The number of methoxy groups -OCH3 is 1. The zero-order valence-corrected chi connectivity index (χ0v) is 19.6. The zero-order valence-electron chi connectivity index (χ0n) is 19.6. The molecule has 0 spiro atoms. The maximum Gasteiger partial charge on any atom is 0.350 e. The Morgan fingerprint density at radius 3 is 2.38 bits per heavy atom. The molecule has 1 saturated heterocycles. The zero-order chi connectivity index (χ0) is 26.1. The lowest BCUT2D eigenvalue weighted by Gasteiger charge is -2.39. The van der Waals surface area contributed by atoms with Crippen molar-refractivity contribution < 1.29 is 27.0 Å². The minimum Gasteiger partial charge on any atom is -0.451 e. The van der Waals surface area contributed by atoms with E-state index in [1.54, 1.807) is 12.0 Å². The lowest BCUT2D eigenvalue weighted by Crippen LogP contribution is -2.49. The highest BCUT2D eigenvalue weighted by Gasteiger charge is 2.31. The molecular weight excluding hydrogens is 494 g/mol. The van der Waals surface area contributed by atoms with Crippen LogP contribution in [0.5, 0.6) is 11.5 Å². The maximum atomic E-state index is 15.0. The molecule has 5 rings (SSSR count). The third-order valence-electron chi connectivity index (χ3n) is 6.00. The van der Waals surface area contributed by atoms with Gasteiger partial charge in [0.1, 0.15) is 23.7 Å². The number of aromatic nitrogens is 4. The number of hydrogen-bond acceptors (Lipinski definition) is 6. The van der Waals surface area contributed by atoms with Crippen LogP contribution >= 0.6 is 0 Å². The van der Waals surface area contributed by atoms with Crippen LogP contribution in [-0.4, -0.2) is 46.1 Å². The van der Waals surface area contributed by atoms with Gasteiger partial charge in [0.25, 0.3) is 0 Å². The van der Waals surface area contributed by atoms with Crippen LogP contribution in [0.1, 0.15) is 5.56 Å². The van der Waals surface area contributed by atoms with E-state index in [2.05, 4.69) is 10.1 Å². The molecule has 8 nitrogen and oxygen atoms in total. The SMILES string of the molecule is COCC1CN(c2ncc(F)c(Oc3ccc(-n4ncn(Cc5c(F)cccc5F)c4=O)cc3)c2F)C1. The fourth-order valence-corrected chi connectivity index (χ4v) is 4.08. The first-order valence-electron chi connectivity index (χ1n) is 11.3. The molecule has 0 amide bonds. The Morgan fingerprint density at radius 2 is 1.70 bits per heavy atom. The Morgan fingerprint density at radius 1 is 1.00 bits per heavy atom. The van der Waals surface area contributed by atoms with Gasteiger partial charge in [-0.25, -0.2) is 22.9 Å². The number of anilines is 1. The Hall–Kier alpha value is -4.19. The summed E-state index contributed by atoms with van der Waals surface area (Å²) in [6.45, 7) is 1.26. The molecule has 2 aromatic heterocycles. The van der Waals surface area contributed by atoms with Crippen molar-refractivity contribution in [3.8, 4) is 17.2 Å². The van der Waals surface area contributed by atoms with Crippen molar-refractivity contribution in [1.29, 1.82) is 0 Å². The van der Waals surface area contributed by atoms with Gasteiger partial charge in [-0.2, -0.15) is 14.2 Å². The number of pyridine rings is 1. The summed E-state index contributed by atoms with van der Waals surface area (Å²) >= 11 is 0. The largest absolute Gasteiger partial charge is 0.451 e. The fourth-order valence-electron chi connectivity index (χ4n) is 4.08. The summed E-state index contributed by atoms with van der Waals surface area (Å²) in [7, 11) is 1.59. The molecule has 1 aliphatic rings. The molecule has 0 atom stereocenters. The molecule has 0 saturated carbocycles. The number of hydrogen-bond donors (Lipinski definition) is 0. The molecule has 0 bridgehead atoms. The summed E-state index contributed by atoms with van der Waals surface area (Å²) in [5, 5.41) is 3.99. The summed E-state index contributed by atoms with van der Waals surface area (Å²) in [5.41, 5.74) is -0.583. The van der Waals surface area contributed by atoms with Crippen LogP contribution in [0.15, 0.2) is 59.8 Å². The van der Waals surface area contributed by atoms with E-state index in [1.807, 2.05) is 0 Å². The molecule has 12 heteroatoms. The van der Waals surface area contributed by atoms with Gasteiger partial charge in [-0.15, -0.1) is 0 Å². The van der Waals surface area contributed by atoms with Crippen molar-refractivity contribution in [1.82, 2.24) is 19.3 Å². The highest BCUT2D eigenvalue weighted by atomic mass is 19.1. The number of halogens is 4. The van der Waals surface area contributed by atoms with E-state index in [1.165, 1.54) is 30.3 Å². The predicted octanol–water partition coefficient (Wildman–Crippen LogP) is 3.91. The molecule has 1 fully saturated rings. The highest BCUT2D eigenvalue weighted by Crippen LogP contribution is 2.34. The molecule has 1 aliphatic heterocycles. The number of nitrogens with zero attached hydrogens (tertiary/aromatic N) is 5. The Labute approximate surface area is 208 Å². The first-order valence-corrected chi connectivity index (χ1v) is 11.3. The smallest absolute Gasteiger partial charge is 0.350 e. The second kappa shape index (κ2) is 10.1. The van der Waals surface area contributed by atoms with E-state index in [0.717, 1.165) is 33.9 Å². The molecule has 37 heavy (non-hydrogen) atoms. The van der Waals surface area contributed by atoms with Crippen molar-refractivity contribution in [3.63, 3.8) is 0 Å². The van der Waals surface area contributed by atoms with Gasteiger partial charge < -0.3 is 14.4 Å². The van der Waals surface area contributed by atoms with E-state index in [0.29, 0.717) is 25.4 Å². The van der Waals surface area contributed by atoms with Gasteiger partial charge in [0.2, 0.25) is 11.6 Å². The van der Waals surface area contributed by atoms with E-state index >= 15 is 4.39 Å². The molecule has 0 aliphatic carbocycles. The van der Waals surface area contributed by atoms with Crippen molar-refractivity contribution in [3.05, 3.63) is 94.3 Å². The van der Waals surface area contributed by atoms with Crippen molar-refractivity contribution >= 4 is 5.82 Å². The quantitative estimate of drug-likeness (QED) is 0.332. The van der Waals surface area contributed by atoms with Gasteiger partial charge in [-0.05, 0) is 36.4 Å². The minimum absolute atomic E-state index is 0.0104. The van der Waals surface area contributed by atoms with Gasteiger partial charge in [0.15, 0.2) is 11.6 Å². The van der Waals surface area contributed by atoms with Gasteiger partial charge in [-0.3, -0.25) is 4.57 Å².